The smallest absolute Gasteiger partial charge is 0.115 e. The Morgan fingerprint density at radius 2 is 1.07 bits per heavy atom. The van der Waals surface area contributed by atoms with Gasteiger partial charge in [-0.25, -0.2) is 0 Å². The number of aliphatic hydroxyl groups is 1. The lowest BCUT2D eigenvalue weighted by molar-refractivity contribution is -0.920. The molecule has 2 unspecified atom stereocenters. The molecule has 1 N–H and O–H groups in total. The van der Waals surface area contributed by atoms with Crippen LogP contribution in [0, 0.1) is 0 Å². The minimum absolute atomic E-state index is 0. The molecule has 0 heterocycles. The number of hydrogen-bond acceptors (Lipinski definition) is 1. The van der Waals surface area contributed by atoms with Crippen LogP contribution in [-0.2, 0) is 0 Å². The number of aliphatic hydroxyl groups excluding tert-OH is 1. The summed E-state index contributed by atoms with van der Waals surface area (Å²) in [6, 6.07) is 0.478. The zero-order chi connectivity index (χ0) is 19.1. The molecule has 0 spiro atoms. The van der Waals surface area contributed by atoms with E-state index in [1.54, 1.807) is 0 Å². The van der Waals surface area contributed by atoms with Crippen LogP contribution in [0.2, 0.25) is 0 Å². The van der Waals surface area contributed by atoms with Crippen molar-refractivity contribution in [2.45, 2.75) is 135 Å². The number of nitrogens with zero attached hydrogens (tertiary/aromatic N) is 1. The maximum Gasteiger partial charge on any atom is 0.115 e. The number of unbranched alkanes of at least 4 members (excludes halogenated alkanes) is 13. The topological polar surface area (TPSA) is 20.2 Å². The van der Waals surface area contributed by atoms with E-state index in [0.29, 0.717) is 6.04 Å². The van der Waals surface area contributed by atoms with Gasteiger partial charge >= 0.3 is 0 Å². The third-order valence-electron chi connectivity index (χ3n) is 6.68. The summed E-state index contributed by atoms with van der Waals surface area (Å²) in [5.41, 5.74) is 0. The number of halogens is 1. The number of quaternary nitrogens is 1. The van der Waals surface area contributed by atoms with Crippen LogP contribution < -0.4 is 12.4 Å². The van der Waals surface area contributed by atoms with E-state index >= 15 is 0 Å². The molecule has 0 aromatic rings. The van der Waals surface area contributed by atoms with Crippen molar-refractivity contribution in [1.29, 1.82) is 0 Å². The van der Waals surface area contributed by atoms with Crippen molar-refractivity contribution in [3.8, 4) is 0 Å². The molecule has 1 aliphatic rings. The Kier molecular flexibility index (Phi) is 17.2. The van der Waals surface area contributed by atoms with Gasteiger partial charge in [0.2, 0.25) is 0 Å². The Morgan fingerprint density at radius 3 is 1.52 bits per heavy atom. The minimum Gasteiger partial charge on any atom is -1.00 e. The van der Waals surface area contributed by atoms with Crippen LogP contribution in [0.15, 0.2) is 0 Å². The van der Waals surface area contributed by atoms with Gasteiger partial charge < -0.3 is 22.0 Å². The molecule has 0 aliphatic heterocycles. The molecule has 0 saturated heterocycles. The van der Waals surface area contributed by atoms with Crippen LogP contribution >= 0.6 is 0 Å². The molecule has 0 bridgehead atoms. The van der Waals surface area contributed by atoms with Gasteiger partial charge in [-0.15, -0.1) is 0 Å². The second-order valence-corrected chi connectivity index (χ2v) is 9.52. The summed E-state index contributed by atoms with van der Waals surface area (Å²) in [6.45, 7) is 3.53. The fraction of sp³-hybridized carbons (Fsp3) is 1.00. The van der Waals surface area contributed by atoms with Gasteiger partial charge in [-0.1, -0.05) is 90.4 Å². The second kappa shape index (κ2) is 17.1. The van der Waals surface area contributed by atoms with E-state index < -0.39 is 0 Å². The van der Waals surface area contributed by atoms with Crippen LogP contribution in [0.4, 0.5) is 0 Å². The van der Waals surface area contributed by atoms with Crippen molar-refractivity contribution in [2.24, 2.45) is 0 Å². The Hall–Kier alpha value is 0.210. The largest absolute Gasteiger partial charge is 1.00 e. The van der Waals surface area contributed by atoms with Gasteiger partial charge in [0.1, 0.15) is 12.1 Å². The van der Waals surface area contributed by atoms with Crippen LogP contribution in [-0.4, -0.2) is 42.4 Å². The van der Waals surface area contributed by atoms with Crippen molar-refractivity contribution < 1.29 is 22.0 Å². The van der Waals surface area contributed by atoms with Gasteiger partial charge in [0.05, 0.1) is 20.6 Å². The van der Waals surface area contributed by atoms with E-state index in [-0.39, 0.29) is 18.5 Å². The predicted molar refractivity (Wildman–Crippen MR) is 116 cm³/mol. The molecule has 1 fully saturated rings. The lowest BCUT2D eigenvalue weighted by Crippen LogP contribution is -3.00. The van der Waals surface area contributed by atoms with Crippen molar-refractivity contribution in [1.82, 2.24) is 0 Å². The van der Waals surface area contributed by atoms with E-state index in [0.717, 1.165) is 10.9 Å². The summed E-state index contributed by atoms with van der Waals surface area (Å²) in [7, 11) is 4.67. The molecule has 3 heteroatoms. The quantitative estimate of drug-likeness (QED) is 0.306. The van der Waals surface area contributed by atoms with E-state index in [9.17, 15) is 5.11 Å². The first-order chi connectivity index (χ1) is 12.6. The van der Waals surface area contributed by atoms with E-state index in [2.05, 4.69) is 21.0 Å². The van der Waals surface area contributed by atoms with Crippen LogP contribution in [0.25, 0.3) is 0 Å². The summed E-state index contributed by atoms with van der Waals surface area (Å²) in [5.74, 6) is 0. The van der Waals surface area contributed by atoms with Gasteiger partial charge in [0, 0.05) is 6.42 Å². The zero-order valence-electron chi connectivity index (χ0n) is 18.9. The molecular weight excluding hydrogens is 354 g/mol. The fourth-order valence-electron chi connectivity index (χ4n) is 4.79. The van der Waals surface area contributed by atoms with E-state index in [4.69, 9.17) is 0 Å². The maximum atomic E-state index is 10.3. The molecule has 27 heavy (non-hydrogen) atoms. The number of hydrogen-bond donors (Lipinski definition) is 1. The third kappa shape index (κ3) is 13.1. The lowest BCUT2D eigenvalue weighted by Gasteiger charge is -2.42. The van der Waals surface area contributed by atoms with Crippen LogP contribution in [0.3, 0.4) is 0 Å². The van der Waals surface area contributed by atoms with Gasteiger partial charge in [-0.3, -0.25) is 0 Å². The number of likely N-dealkylation sites (N-methyl/N-ethyl adjacent to an activating group) is 1. The molecule has 0 aromatic carbocycles. The highest BCUT2D eigenvalue weighted by Gasteiger charge is 2.35. The molecule has 1 aliphatic carbocycles. The van der Waals surface area contributed by atoms with E-state index in [1.165, 1.54) is 116 Å². The summed E-state index contributed by atoms with van der Waals surface area (Å²) < 4.78 is 1.03. The normalized spacial score (nSPS) is 20.4. The minimum atomic E-state index is -0.0644. The van der Waals surface area contributed by atoms with E-state index in [1.807, 2.05) is 0 Å². The average molecular weight is 404 g/mol. The van der Waals surface area contributed by atoms with Crippen molar-refractivity contribution >= 4 is 0 Å². The summed E-state index contributed by atoms with van der Waals surface area (Å²) in [6.07, 6.45) is 24.7. The van der Waals surface area contributed by atoms with Gasteiger partial charge in [0.25, 0.3) is 0 Å². The Balaban J connectivity index is 0.00000676. The first-order valence-corrected chi connectivity index (χ1v) is 12.1. The molecule has 164 valence electrons. The SMILES string of the molecule is CCCCCCCCCCCCCCCC[N+](C)(C)C1CCCCC1O.[Cl-]. The Bertz CT molecular complexity index is 322. The molecule has 0 radical (unpaired) electrons. The maximum absolute atomic E-state index is 10.3. The summed E-state index contributed by atoms with van der Waals surface area (Å²) >= 11 is 0. The average Bonchev–Trinajstić information content (AvgIpc) is 2.62. The lowest BCUT2D eigenvalue weighted by atomic mass is 9.90. The van der Waals surface area contributed by atoms with Crippen molar-refractivity contribution in [3.63, 3.8) is 0 Å². The summed E-state index contributed by atoms with van der Waals surface area (Å²) in [4.78, 5) is 0. The first-order valence-electron chi connectivity index (χ1n) is 12.1. The predicted octanol–water partition coefficient (Wildman–Crippen LogP) is 3.85. The van der Waals surface area contributed by atoms with Gasteiger partial charge in [-0.2, -0.15) is 0 Å². The zero-order valence-corrected chi connectivity index (χ0v) is 19.6. The van der Waals surface area contributed by atoms with Crippen molar-refractivity contribution in [3.05, 3.63) is 0 Å². The number of rotatable bonds is 16. The first kappa shape index (κ1) is 27.2. The molecular formula is C24H50ClNO. The highest BCUT2D eigenvalue weighted by Crippen LogP contribution is 2.26. The van der Waals surface area contributed by atoms with Crippen LogP contribution in [0.1, 0.15) is 122 Å². The third-order valence-corrected chi connectivity index (χ3v) is 6.68. The molecule has 2 nitrogen and oxygen atoms in total. The highest BCUT2D eigenvalue weighted by molar-refractivity contribution is 4.75. The Morgan fingerprint density at radius 1 is 0.667 bits per heavy atom. The fourth-order valence-corrected chi connectivity index (χ4v) is 4.79. The monoisotopic (exact) mass is 403 g/mol. The second-order valence-electron chi connectivity index (χ2n) is 9.52. The summed E-state index contributed by atoms with van der Waals surface area (Å²) in [5, 5.41) is 10.3. The molecule has 0 amide bonds. The van der Waals surface area contributed by atoms with Crippen LogP contribution in [0.5, 0.6) is 0 Å². The molecule has 0 aromatic heterocycles. The highest BCUT2D eigenvalue weighted by atomic mass is 35.5. The Labute approximate surface area is 177 Å². The standard InChI is InChI=1S/C24H50NO.ClH/c1-4-5-6-7-8-9-10-11-12-13-14-15-16-19-22-25(2,3)23-20-17-18-21-24(23)26;/h23-24,26H,4-22H2,1-3H3;1H/q+1;/p-1. The molecule has 1 rings (SSSR count). The molecule has 1 saturated carbocycles. The van der Waals surface area contributed by atoms with Gasteiger partial charge in [-0.05, 0) is 25.7 Å². The molecule has 2 atom stereocenters. The van der Waals surface area contributed by atoms with Crippen molar-refractivity contribution in [2.75, 3.05) is 20.6 Å². The van der Waals surface area contributed by atoms with Gasteiger partial charge in [0.15, 0.2) is 0 Å².